The van der Waals surface area contributed by atoms with Gasteiger partial charge in [0, 0.05) is 6.04 Å². The smallest absolute Gasteiger partial charge is 0.0640 e. The number of anilines is 1. The summed E-state index contributed by atoms with van der Waals surface area (Å²) in [6.07, 6.45) is 3.71. The van der Waals surface area contributed by atoms with Gasteiger partial charge in [-0.3, -0.25) is 0 Å². The van der Waals surface area contributed by atoms with Crippen LogP contribution in [0.3, 0.4) is 0 Å². The standard InChI is InChI=1S/C14H20ClNO/c1-10-3-4-13(12(15)9-10)16-11-5-7-14(2,17)8-6-11/h3-4,9,11,16-17H,5-8H2,1-2H3/t11-,14+. The van der Waals surface area contributed by atoms with E-state index in [0.29, 0.717) is 6.04 Å². The van der Waals surface area contributed by atoms with Crippen molar-refractivity contribution >= 4 is 17.3 Å². The number of rotatable bonds is 2. The van der Waals surface area contributed by atoms with Gasteiger partial charge in [-0.05, 0) is 57.2 Å². The topological polar surface area (TPSA) is 32.3 Å². The maximum Gasteiger partial charge on any atom is 0.0640 e. The van der Waals surface area contributed by atoms with Gasteiger partial charge in [0.2, 0.25) is 0 Å². The maximum absolute atomic E-state index is 9.90. The van der Waals surface area contributed by atoms with Crippen molar-refractivity contribution < 1.29 is 5.11 Å². The molecule has 0 amide bonds. The second-order valence-corrected chi connectivity index (χ2v) is 5.81. The van der Waals surface area contributed by atoms with Gasteiger partial charge in [-0.1, -0.05) is 17.7 Å². The van der Waals surface area contributed by atoms with E-state index in [4.69, 9.17) is 11.6 Å². The predicted octanol–water partition coefficient (Wildman–Crippen LogP) is 3.75. The lowest BCUT2D eigenvalue weighted by Crippen LogP contribution is -2.35. The van der Waals surface area contributed by atoms with Crippen LogP contribution in [0.25, 0.3) is 0 Å². The van der Waals surface area contributed by atoms with Crippen LogP contribution in [-0.4, -0.2) is 16.7 Å². The molecule has 94 valence electrons. The minimum atomic E-state index is -0.477. The lowest BCUT2D eigenvalue weighted by molar-refractivity contribution is 0.0196. The van der Waals surface area contributed by atoms with Crippen LogP contribution in [-0.2, 0) is 0 Å². The van der Waals surface area contributed by atoms with Gasteiger partial charge >= 0.3 is 0 Å². The summed E-state index contributed by atoms with van der Waals surface area (Å²) < 4.78 is 0. The van der Waals surface area contributed by atoms with Crippen molar-refractivity contribution in [2.45, 2.75) is 51.2 Å². The Morgan fingerprint density at radius 3 is 2.59 bits per heavy atom. The zero-order chi connectivity index (χ0) is 12.5. The van der Waals surface area contributed by atoms with Gasteiger partial charge in [0.05, 0.1) is 16.3 Å². The summed E-state index contributed by atoms with van der Waals surface area (Å²) in [4.78, 5) is 0. The van der Waals surface area contributed by atoms with Crippen LogP contribution in [0.15, 0.2) is 18.2 Å². The molecule has 0 spiro atoms. The summed E-state index contributed by atoms with van der Waals surface area (Å²) in [5.74, 6) is 0. The number of benzene rings is 1. The highest BCUT2D eigenvalue weighted by Crippen LogP contribution is 2.31. The molecule has 0 aliphatic heterocycles. The minimum absolute atomic E-state index is 0.426. The van der Waals surface area contributed by atoms with Crippen LogP contribution < -0.4 is 5.32 Å². The zero-order valence-electron chi connectivity index (χ0n) is 10.5. The lowest BCUT2D eigenvalue weighted by Gasteiger charge is -2.34. The van der Waals surface area contributed by atoms with Crippen molar-refractivity contribution in [2.24, 2.45) is 0 Å². The number of nitrogens with one attached hydrogen (secondary N) is 1. The Morgan fingerprint density at radius 2 is 2.00 bits per heavy atom. The summed E-state index contributed by atoms with van der Waals surface area (Å²) >= 11 is 6.19. The Bertz CT molecular complexity index is 393. The molecular weight excluding hydrogens is 234 g/mol. The van der Waals surface area contributed by atoms with Crippen molar-refractivity contribution in [2.75, 3.05) is 5.32 Å². The Kier molecular flexibility index (Phi) is 3.64. The lowest BCUT2D eigenvalue weighted by atomic mass is 9.83. The first-order valence-electron chi connectivity index (χ1n) is 6.21. The first-order chi connectivity index (χ1) is 7.96. The molecule has 0 saturated heterocycles. The third-order valence-electron chi connectivity index (χ3n) is 3.55. The molecule has 1 saturated carbocycles. The molecule has 2 N–H and O–H groups in total. The van der Waals surface area contributed by atoms with Gasteiger partial charge in [0.25, 0.3) is 0 Å². The van der Waals surface area contributed by atoms with E-state index in [9.17, 15) is 5.11 Å². The molecule has 3 heteroatoms. The van der Waals surface area contributed by atoms with Crippen molar-refractivity contribution in [3.8, 4) is 0 Å². The van der Waals surface area contributed by atoms with Crippen molar-refractivity contribution in [1.82, 2.24) is 0 Å². The first-order valence-corrected chi connectivity index (χ1v) is 6.59. The summed E-state index contributed by atoms with van der Waals surface area (Å²) in [7, 11) is 0. The largest absolute Gasteiger partial charge is 0.390 e. The molecule has 1 aromatic carbocycles. The molecule has 1 aliphatic carbocycles. The highest BCUT2D eigenvalue weighted by Gasteiger charge is 2.28. The summed E-state index contributed by atoms with van der Waals surface area (Å²) in [5, 5.41) is 14.1. The van der Waals surface area contributed by atoms with Gasteiger partial charge < -0.3 is 10.4 Å². The van der Waals surface area contributed by atoms with E-state index in [-0.39, 0.29) is 0 Å². The second kappa shape index (κ2) is 4.87. The SMILES string of the molecule is Cc1ccc(N[C@H]2CC[C@@](C)(O)CC2)c(Cl)c1. The Hall–Kier alpha value is -0.730. The Labute approximate surface area is 108 Å². The van der Waals surface area contributed by atoms with Gasteiger partial charge in [-0.25, -0.2) is 0 Å². The number of hydrogen-bond donors (Lipinski definition) is 2. The Morgan fingerprint density at radius 1 is 1.35 bits per heavy atom. The van der Waals surface area contributed by atoms with Crippen molar-refractivity contribution in [3.63, 3.8) is 0 Å². The molecule has 17 heavy (non-hydrogen) atoms. The molecule has 0 radical (unpaired) electrons. The van der Waals surface area contributed by atoms with Gasteiger partial charge in [0.1, 0.15) is 0 Å². The van der Waals surface area contributed by atoms with Crippen LogP contribution in [0.4, 0.5) is 5.69 Å². The fourth-order valence-electron chi connectivity index (χ4n) is 2.34. The molecule has 0 aromatic heterocycles. The third-order valence-corrected chi connectivity index (χ3v) is 3.86. The normalized spacial score (nSPS) is 29.1. The molecule has 0 heterocycles. The molecule has 1 aliphatic rings. The van der Waals surface area contributed by atoms with Gasteiger partial charge in [-0.2, -0.15) is 0 Å². The predicted molar refractivity (Wildman–Crippen MR) is 72.7 cm³/mol. The van der Waals surface area contributed by atoms with Crippen LogP contribution in [0.5, 0.6) is 0 Å². The van der Waals surface area contributed by atoms with E-state index in [1.54, 1.807) is 0 Å². The number of aryl methyl sites for hydroxylation is 1. The van der Waals surface area contributed by atoms with Crippen molar-refractivity contribution in [3.05, 3.63) is 28.8 Å². The minimum Gasteiger partial charge on any atom is -0.390 e. The molecule has 0 bridgehead atoms. The summed E-state index contributed by atoms with van der Waals surface area (Å²) in [6, 6.07) is 6.50. The quantitative estimate of drug-likeness (QED) is 0.841. The number of aliphatic hydroxyl groups is 1. The summed E-state index contributed by atoms with van der Waals surface area (Å²) in [6.45, 7) is 3.95. The van der Waals surface area contributed by atoms with Crippen molar-refractivity contribution in [1.29, 1.82) is 0 Å². The molecule has 0 unspecified atom stereocenters. The molecule has 1 fully saturated rings. The van der Waals surface area contributed by atoms with Crippen LogP contribution >= 0.6 is 11.6 Å². The van der Waals surface area contributed by atoms with E-state index in [1.165, 1.54) is 5.56 Å². The van der Waals surface area contributed by atoms with Gasteiger partial charge in [-0.15, -0.1) is 0 Å². The zero-order valence-corrected chi connectivity index (χ0v) is 11.2. The monoisotopic (exact) mass is 253 g/mol. The average Bonchev–Trinajstić information content (AvgIpc) is 2.25. The average molecular weight is 254 g/mol. The fraction of sp³-hybridized carbons (Fsp3) is 0.571. The Balaban J connectivity index is 1.98. The highest BCUT2D eigenvalue weighted by atomic mass is 35.5. The molecule has 1 aromatic rings. The number of halogens is 1. The third kappa shape index (κ3) is 3.36. The maximum atomic E-state index is 9.90. The van der Waals surface area contributed by atoms with E-state index in [0.717, 1.165) is 36.4 Å². The molecule has 2 rings (SSSR count). The summed E-state index contributed by atoms with van der Waals surface area (Å²) in [5.41, 5.74) is 1.70. The highest BCUT2D eigenvalue weighted by molar-refractivity contribution is 6.33. The van der Waals surface area contributed by atoms with E-state index < -0.39 is 5.60 Å². The van der Waals surface area contributed by atoms with Crippen LogP contribution in [0.1, 0.15) is 38.2 Å². The van der Waals surface area contributed by atoms with Crippen LogP contribution in [0, 0.1) is 6.92 Å². The molecule has 2 nitrogen and oxygen atoms in total. The van der Waals surface area contributed by atoms with E-state index in [1.807, 2.05) is 26.0 Å². The van der Waals surface area contributed by atoms with E-state index >= 15 is 0 Å². The van der Waals surface area contributed by atoms with Gasteiger partial charge in [0.15, 0.2) is 0 Å². The van der Waals surface area contributed by atoms with E-state index in [2.05, 4.69) is 11.4 Å². The molecule has 0 atom stereocenters. The second-order valence-electron chi connectivity index (χ2n) is 5.40. The molecular formula is C14H20ClNO. The first kappa shape index (κ1) is 12.7. The van der Waals surface area contributed by atoms with Crippen LogP contribution in [0.2, 0.25) is 5.02 Å². The fourth-order valence-corrected chi connectivity index (χ4v) is 2.63. The number of hydrogen-bond acceptors (Lipinski definition) is 2.